The predicted molar refractivity (Wildman–Crippen MR) is 99.5 cm³/mol. The van der Waals surface area contributed by atoms with Crippen molar-refractivity contribution < 1.29 is 0 Å². The highest BCUT2D eigenvalue weighted by molar-refractivity contribution is 7.17. The number of anilines is 1. The highest BCUT2D eigenvalue weighted by Gasteiger charge is 2.14. The number of aromatic nitrogens is 2. The Morgan fingerprint density at radius 3 is 2.70 bits per heavy atom. The molecule has 0 bridgehead atoms. The van der Waals surface area contributed by atoms with E-state index in [1.54, 1.807) is 11.3 Å². The summed E-state index contributed by atoms with van der Waals surface area (Å²) in [5.41, 5.74) is 2.32. The van der Waals surface area contributed by atoms with Crippen molar-refractivity contribution >= 4 is 39.0 Å². The molecule has 0 unspecified atom stereocenters. The fourth-order valence-corrected chi connectivity index (χ4v) is 3.64. The van der Waals surface area contributed by atoms with Gasteiger partial charge in [-0.3, -0.25) is 0 Å². The van der Waals surface area contributed by atoms with E-state index in [9.17, 15) is 0 Å². The summed E-state index contributed by atoms with van der Waals surface area (Å²) in [6.07, 6.45) is 1.04. The summed E-state index contributed by atoms with van der Waals surface area (Å²) in [6, 6.07) is 10.3. The van der Waals surface area contributed by atoms with Gasteiger partial charge in [0.15, 0.2) is 0 Å². The van der Waals surface area contributed by atoms with E-state index in [0.29, 0.717) is 0 Å². The molecule has 2 aromatic heterocycles. The molecule has 6 heteroatoms. The van der Waals surface area contributed by atoms with Crippen LogP contribution in [0.1, 0.15) is 6.42 Å². The summed E-state index contributed by atoms with van der Waals surface area (Å²) in [4.78, 5) is 11.9. The number of rotatable bonds is 6. The molecule has 3 rings (SSSR count). The number of halogens is 1. The SMILES string of the molecule is CN(C)CCCNc1nc(Cl)nc2scc(-c3ccccc3)c12. The molecule has 0 saturated heterocycles. The molecule has 1 aromatic carbocycles. The number of nitrogens with zero attached hydrogens (tertiary/aromatic N) is 3. The smallest absolute Gasteiger partial charge is 0.225 e. The Morgan fingerprint density at radius 1 is 1.17 bits per heavy atom. The van der Waals surface area contributed by atoms with Crippen LogP contribution in [0.25, 0.3) is 21.3 Å². The summed E-state index contributed by atoms with van der Waals surface area (Å²) in [5, 5.41) is 6.88. The molecule has 0 radical (unpaired) electrons. The molecule has 0 saturated carbocycles. The van der Waals surface area contributed by atoms with Gasteiger partial charge in [-0.25, -0.2) is 9.97 Å². The van der Waals surface area contributed by atoms with Crippen molar-refractivity contribution in [2.45, 2.75) is 6.42 Å². The average molecular weight is 347 g/mol. The third kappa shape index (κ3) is 3.80. The number of thiophene rings is 1. The second-order valence-corrected chi connectivity index (χ2v) is 6.82. The first-order valence-corrected chi connectivity index (χ1v) is 8.79. The lowest BCUT2D eigenvalue weighted by Gasteiger charge is -2.11. The van der Waals surface area contributed by atoms with Crippen LogP contribution in [0.2, 0.25) is 5.28 Å². The van der Waals surface area contributed by atoms with Crippen molar-refractivity contribution in [2.75, 3.05) is 32.5 Å². The molecule has 0 atom stereocenters. The van der Waals surface area contributed by atoms with Crippen LogP contribution in [-0.2, 0) is 0 Å². The maximum atomic E-state index is 6.08. The monoisotopic (exact) mass is 346 g/mol. The van der Waals surface area contributed by atoms with Gasteiger partial charge in [-0.2, -0.15) is 0 Å². The molecule has 0 amide bonds. The Bertz CT molecular complexity index is 786. The van der Waals surface area contributed by atoms with Gasteiger partial charge < -0.3 is 10.2 Å². The molecule has 1 N–H and O–H groups in total. The quantitative estimate of drug-likeness (QED) is 0.531. The van der Waals surface area contributed by atoms with Crippen LogP contribution in [0.4, 0.5) is 5.82 Å². The molecule has 0 aliphatic heterocycles. The van der Waals surface area contributed by atoms with Gasteiger partial charge in [-0.1, -0.05) is 30.3 Å². The summed E-state index contributed by atoms with van der Waals surface area (Å²) in [6.45, 7) is 1.88. The summed E-state index contributed by atoms with van der Waals surface area (Å²) in [7, 11) is 4.15. The van der Waals surface area contributed by atoms with Gasteiger partial charge >= 0.3 is 0 Å². The van der Waals surface area contributed by atoms with E-state index in [1.807, 2.05) is 18.2 Å². The zero-order valence-corrected chi connectivity index (χ0v) is 14.8. The largest absolute Gasteiger partial charge is 0.369 e. The lowest BCUT2D eigenvalue weighted by Crippen LogP contribution is -2.16. The standard InChI is InChI=1S/C17H19ClN4S/c1-22(2)10-6-9-19-15-14-13(12-7-4-3-5-8-12)11-23-16(14)21-17(18)20-15/h3-5,7-8,11H,6,9-10H2,1-2H3,(H,19,20,21). The van der Waals surface area contributed by atoms with Gasteiger partial charge in [0.25, 0.3) is 0 Å². The van der Waals surface area contributed by atoms with Gasteiger partial charge in [0.1, 0.15) is 10.6 Å². The summed E-state index contributed by atoms with van der Waals surface area (Å²) < 4.78 is 0. The molecule has 0 spiro atoms. The minimum absolute atomic E-state index is 0.286. The molecule has 4 nitrogen and oxygen atoms in total. The lowest BCUT2D eigenvalue weighted by atomic mass is 10.1. The molecule has 23 heavy (non-hydrogen) atoms. The van der Waals surface area contributed by atoms with Crippen molar-refractivity contribution in [2.24, 2.45) is 0 Å². The second kappa shape index (κ2) is 7.25. The first-order chi connectivity index (χ1) is 11.1. The minimum Gasteiger partial charge on any atom is -0.369 e. The van der Waals surface area contributed by atoms with E-state index in [4.69, 9.17) is 11.6 Å². The van der Waals surface area contributed by atoms with Crippen molar-refractivity contribution in [3.8, 4) is 11.1 Å². The van der Waals surface area contributed by atoms with E-state index >= 15 is 0 Å². The first-order valence-electron chi connectivity index (χ1n) is 7.54. The molecule has 2 heterocycles. The van der Waals surface area contributed by atoms with E-state index in [2.05, 4.69) is 51.8 Å². The molecular formula is C17H19ClN4S. The third-order valence-corrected chi connectivity index (χ3v) is 4.61. The Labute approximate surface area is 145 Å². The number of hydrogen-bond donors (Lipinski definition) is 1. The molecule has 0 fully saturated rings. The van der Waals surface area contributed by atoms with E-state index in [1.165, 1.54) is 5.56 Å². The van der Waals surface area contributed by atoms with E-state index in [-0.39, 0.29) is 5.28 Å². The fraction of sp³-hybridized carbons (Fsp3) is 0.294. The minimum atomic E-state index is 0.286. The summed E-state index contributed by atoms with van der Waals surface area (Å²) in [5.74, 6) is 0.818. The van der Waals surface area contributed by atoms with E-state index < -0.39 is 0 Å². The Hall–Kier alpha value is -1.69. The van der Waals surface area contributed by atoms with Crippen LogP contribution in [0.5, 0.6) is 0 Å². The first kappa shape index (κ1) is 16.2. The zero-order valence-electron chi connectivity index (χ0n) is 13.2. The number of hydrogen-bond acceptors (Lipinski definition) is 5. The van der Waals surface area contributed by atoms with Crippen LogP contribution < -0.4 is 5.32 Å². The van der Waals surface area contributed by atoms with Gasteiger partial charge in [0, 0.05) is 17.5 Å². The molecule has 0 aliphatic rings. The fourth-order valence-electron chi connectivity index (χ4n) is 2.48. The van der Waals surface area contributed by atoms with Crippen LogP contribution in [0, 0.1) is 0 Å². The van der Waals surface area contributed by atoms with Gasteiger partial charge in [0.2, 0.25) is 5.28 Å². The van der Waals surface area contributed by atoms with Crippen molar-refractivity contribution in [3.05, 3.63) is 41.0 Å². The van der Waals surface area contributed by atoms with Gasteiger partial charge in [-0.15, -0.1) is 11.3 Å². The lowest BCUT2D eigenvalue weighted by molar-refractivity contribution is 0.405. The molecule has 120 valence electrons. The summed E-state index contributed by atoms with van der Waals surface area (Å²) >= 11 is 7.68. The number of benzene rings is 1. The molecular weight excluding hydrogens is 328 g/mol. The Kier molecular flexibility index (Phi) is 5.10. The topological polar surface area (TPSA) is 41.0 Å². The maximum Gasteiger partial charge on any atom is 0.225 e. The maximum absolute atomic E-state index is 6.08. The van der Waals surface area contributed by atoms with Gasteiger partial charge in [-0.05, 0) is 44.2 Å². The second-order valence-electron chi connectivity index (χ2n) is 5.62. The van der Waals surface area contributed by atoms with Crippen LogP contribution in [0.3, 0.4) is 0 Å². The van der Waals surface area contributed by atoms with Crippen molar-refractivity contribution in [3.63, 3.8) is 0 Å². The van der Waals surface area contributed by atoms with Crippen LogP contribution in [-0.4, -0.2) is 42.1 Å². The van der Waals surface area contributed by atoms with Crippen LogP contribution in [0.15, 0.2) is 35.7 Å². The number of fused-ring (bicyclic) bond motifs is 1. The normalized spacial score (nSPS) is 11.3. The highest BCUT2D eigenvalue weighted by atomic mass is 35.5. The molecule has 3 aromatic rings. The Morgan fingerprint density at radius 2 is 1.96 bits per heavy atom. The van der Waals surface area contributed by atoms with Gasteiger partial charge in [0.05, 0.1) is 5.39 Å². The van der Waals surface area contributed by atoms with Crippen LogP contribution >= 0.6 is 22.9 Å². The number of nitrogens with one attached hydrogen (secondary N) is 1. The molecule has 0 aliphatic carbocycles. The highest BCUT2D eigenvalue weighted by Crippen LogP contribution is 2.37. The Balaban J connectivity index is 1.94. The van der Waals surface area contributed by atoms with E-state index in [0.717, 1.165) is 41.1 Å². The predicted octanol–water partition coefficient (Wildman–Crippen LogP) is 4.38. The third-order valence-electron chi connectivity index (χ3n) is 3.57. The zero-order chi connectivity index (χ0) is 16.2. The van der Waals surface area contributed by atoms with Crippen molar-refractivity contribution in [1.29, 1.82) is 0 Å². The van der Waals surface area contributed by atoms with Crippen molar-refractivity contribution in [1.82, 2.24) is 14.9 Å². The average Bonchev–Trinajstić information content (AvgIpc) is 2.95.